The van der Waals surface area contributed by atoms with Gasteiger partial charge < -0.3 is 9.73 Å². The van der Waals surface area contributed by atoms with Crippen LogP contribution in [-0.2, 0) is 24.8 Å². The minimum absolute atomic E-state index is 0.117. The number of aryl methyl sites for hydroxylation is 2. The van der Waals surface area contributed by atoms with E-state index in [1.807, 2.05) is 39.8 Å². The molecular weight excluding hydrogens is 296 g/mol. The number of carbonyl (C=O) groups is 1. The zero-order valence-electron chi connectivity index (χ0n) is 14.3. The topological polar surface area (TPSA) is 82.1 Å². The maximum Gasteiger partial charge on any atom is 0.345 e. The summed E-state index contributed by atoms with van der Waals surface area (Å²) in [6.45, 7) is 7.98. The lowest BCUT2D eigenvalue weighted by molar-refractivity contribution is -0.123. The number of nitrogens with one attached hydrogen (secondary N) is 1. The molecule has 2 rings (SSSR count). The van der Waals surface area contributed by atoms with Crippen molar-refractivity contribution in [1.82, 2.24) is 19.7 Å². The van der Waals surface area contributed by atoms with Crippen molar-refractivity contribution in [2.45, 2.75) is 46.7 Å². The van der Waals surface area contributed by atoms with Crippen molar-refractivity contribution in [3.05, 3.63) is 40.5 Å². The molecule has 0 aromatic carbocycles. The number of hydrogen-bond donors (Lipinski definition) is 1. The number of hydrogen-bond acceptors (Lipinski definition) is 4. The van der Waals surface area contributed by atoms with Gasteiger partial charge in [0.25, 0.3) is 0 Å². The molecule has 0 saturated carbocycles. The number of rotatable bonds is 5. The van der Waals surface area contributed by atoms with Gasteiger partial charge in [0.15, 0.2) is 0 Å². The van der Waals surface area contributed by atoms with Crippen LogP contribution in [0, 0.1) is 5.41 Å². The lowest BCUT2D eigenvalue weighted by Gasteiger charge is -2.29. The maximum absolute atomic E-state index is 12.3. The Morgan fingerprint density at radius 1 is 1.39 bits per heavy atom. The molecule has 0 aliphatic rings. The highest BCUT2D eigenvalue weighted by molar-refractivity contribution is 5.76. The van der Waals surface area contributed by atoms with Gasteiger partial charge in [-0.1, -0.05) is 27.7 Å². The molecule has 23 heavy (non-hydrogen) atoms. The summed E-state index contributed by atoms with van der Waals surface area (Å²) in [6, 6.07) is 3.53. The number of amides is 1. The van der Waals surface area contributed by atoms with Gasteiger partial charge >= 0.3 is 5.69 Å². The molecule has 1 amide bonds. The summed E-state index contributed by atoms with van der Waals surface area (Å²) < 4.78 is 8.26. The normalized spacial score (nSPS) is 13.1. The molecule has 1 atom stereocenters. The minimum atomic E-state index is -0.321. The Morgan fingerprint density at radius 3 is 2.57 bits per heavy atom. The Morgan fingerprint density at radius 2 is 2.09 bits per heavy atom. The summed E-state index contributed by atoms with van der Waals surface area (Å²) in [4.78, 5) is 24.1. The Kier molecular flexibility index (Phi) is 4.77. The monoisotopic (exact) mass is 320 g/mol. The van der Waals surface area contributed by atoms with Crippen molar-refractivity contribution in [2.75, 3.05) is 0 Å². The third kappa shape index (κ3) is 3.91. The van der Waals surface area contributed by atoms with Crippen molar-refractivity contribution < 1.29 is 9.21 Å². The van der Waals surface area contributed by atoms with Crippen molar-refractivity contribution >= 4 is 5.91 Å². The molecule has 126 valence electrons. The van der Waals surface area contributed by atoms with Crippen LogP contribution in [0.3, 0.4) is 0 Å². The second kappa shape index (κ2) is 6.44. The van der Waals surface area contributed by atoms with Crippen LogP contribution < -0.4 is 11.0 Å². The summed E-state index contributed by atoms with van der Waals surface area (Å²) in [5.74, 6) is 1.32. The molecule has 2 aromatic rings. The third-order valence-corrected chi connectivity index (χ3v) is 3.67. The van der Waals surface area contributed by atoms with Crippen LogP contribution in [0.5, 0.6) is 0 Å². The van der Waals surface area contributed by atoms with E-state index in [4.69, 9.17) is 4.42 Å². The summed E-state index contributed by atoms with van der Waals surface area (Å²) >= 11 is 0. The first-order chi connectivity index (χ1) is 10.7. The smallest absolute Gasteiger partial charge is 0.345 e. The molecule has 0 bridgehead atoms. The van der Waals surface area contributed by atoms with E-state index in [0.29, 0.717) is 0 Å². The van der Waals surface area contributed by atoms with Gasteiger partial charge in [-0.3, -0.25) is 9.36 Å². The second-order valence-electron chi connectivity index (χ2n) is 6.71. The second-order valence-corrected chi connectivity index (χ2v) is 6.71. The Labute approximate surface area is 135 Å². The highest BCUT2D eigenvalue weighted by Gasteiger charge is 2.30. The molecule has 0 radical (unpaired) electrons. The minimum Gasteiger partial charge on any atom is -0.464 e. The molecule has 0 aliphatic carbocycles. The number of aromatic nitrogens is 3. The van der Waals surface area contributed by atoms with Crippen LogP contribution in [-0.4, -0.2) is 20.3 Å². The predicted octanol–water partition coefficient (Wildman–Crippen LogP) is 1.64. The van der Waals surface area contributed by atoms with Gasteiger partial charge in [-0.25, -0.2) is 9.48 Å². The molecule has 7 nitrogen and oxygen atoms in total. The van der Waals surface area contributed by atoms with Crippen LogP contribution in [0.1, 0.15) is 45.3 Å². The van der Waals surface area contributed by atoms with Crippen LogP contribution >= 0.6 is 0 Å². The average molecular weight is 320 g/mol. The SMILES string of the molecule is CCc1ccc([C@@H](NC(=O)Cn2ncn(C)c2=O)C(C)(C)C)o1. The fraction of sp³-hybridized carbons (Fsp3) is 0.562. The summed E-state index contributed by atoms with van der Waals surface area (Å²) in [7, 11) is 1.59. The quantitative estimate of drug-likeness (QED) is 0.908. The van der Waals surface area contributed by atoms with Gasteiger partial charge in [-0.15, -0.1) is 0 Å². The zero-order chi connectivity index (χ0) is 17.2. The van der Waals surface area contributed by atoms with Gasteiger partial charge in [-0.2, -0.15) is 5.10 Å². The maximum atomic E-state index is 12.3. The van der Waals surface area contributed by atoms with Crippen molar-refractivity contribution in [1.29, 1.82) is 0 Å². The van der Waals surface area contributed by atoms with Gasteiger partial charge in [0.1, 0.15) is 24.4 Å². The number of carbonyl (C=O) groups excluding carboxylic acids is 1. The molecule has 0 aliphatic heterocycles. The van der Waals surface area contributed by atoms with E-state index in [9.17, 15) is 9.59 Å². The van der Waals surface area contributed by atoms with Crippen LogP contribution in [0.25, 0.3) is 0 Å². The van der Waals surface area contributed by atoms with Crippen molar-refractivity contribution in [3.63, 3.8) is 0 Å². The predicted molar refractivity (Wildman–Crippen MR) is 85.9 cm³/mol. The van der Waals surface area contributed by atoms with Crippen molar-refractivity contribution in [3.8, 4) is 0 Å². The fourth-order valence-electron chi connectivity index (χ4n) is 2.33. The largest absolute Gasteiger partial charge is 0.464 e. The first kappa shape index (κ1) is 17.1. The lowest BCUT2D eigenvalue weighted by atomic mass is 9.85. The highest BCUT2D eigenvalue weighted by atomic mass is 16.3. The molecule has 0 spiro atoms. The van der Waals surface area contributed by atoms with Gasteiger partial charge in [0.2, 0.25) is 5.91 Å². The number of furan rings is 1. The van der Waals surface area contributed by atoms with Gasteiger partial charge in [0, 0.05) is 13.5 Å². The first-order valence-corrected chi connectivity index (χ1v) is 7.68. The van der Waals surface area contributed by atoms with E-state index in [-0.39, 0.29) is 29.6 Å². The summed E-state index contributed by atoms with van der Waals surface area (Å²) in [6.07, 6.45) is 2.19. The molecule has 0 unspecified atom stereocenters. The molecule has 2 aromatic heterocycles. The summed E-state index contributed by atoms with van der Waals surface area (Å²) in [5.41, 5.74) is -0.549. The van der Waals surface area contributed by atoms with Gasteiger partial charge in [0.05, 0.1) is 6.04 Å². The van der Waals surface area contributed by atoms with Gasteiger partial charge in [-0.05, 0) is 17.5 Å². The standard InChI is InChI=1S/C16H24N4O3/c1-6-11-7-8-12(23-11)14(16(2,3)4)18-13(21)9-20-15(22)19(5)10-17-20/h7-8,10,14H,6,9H2,1-5H3,(H,18,21)/t14-/m1/s1. The highest BCUT2D eigenvalue weighted by Crippen LogP contribution is 2.33. The van der Waals surface area contributed by atoms with E-state index in [1.165, 1.54) is 10.9 Å². The molecule has 7 heteroatoms. The van der Waals surface area contributed by atoms with E-state index in [1.54, 1.807) is 7.05 Å². The molecular formula is C16H24N4O3. The third-order valence-electron chi connectivity index (χ3n) is 3.67. The average Bonchev–Trinajstić information content (AvgIpc) is 3.05. The van der Waals surface area contributed by atoms with Crippen LogP contribution in [0.2, 0.25) is 0 Å². The lowest BCUT2D eigenvalue weighted by Crippen LogP contribution is -2.40. The van der Waals surface area contributed by atoms with E-state index >= 15 is 0 Å². The molecule has 1 N–H and O–H groups in total. The van der Waals surface area contributed by atoms with E-state index < -0.39 is 0 Å². The Hall–Kier alpha value is -2.31. The molecule has 0 fully saturated rings. The Balaban J connectivity index is 2.16. The molecule has 0 saturated heterocycles. The zero-order valence-corrected chi connectivity index (χ0v) is 14.3. The van der Waals surface area contributed by atoms with Crippen LogP contribution in [0.15, 0.2) is 27.7 Å². The van der Waals surface area contributed by atoms with E-state index in [2.05, 4.69) is 10.4 Å². The number of nitrogens with zero attached hydrogens (tertiary/aromatic N) is 3. The Bertz CT molecular complexity index is 733. The molecule has 2 heterocycles. The summed E-state index contributed by atoms with van der Waals surface area (Å²) in [5, 5.41) is 6.85. The van der Waals surface area contributed by atoms with Crippen LogP contribution in [0.4, 0.5) is 0 Å². The fourth-order valence-corrected chi connectivity index (χ4v) is 2.33. The van der Waals surface area contributed by atoms with E-state index in [0.717, 1.165) is 22.6 Å². The first-order valence-electron chi connectivity index (χ1n) is 7.68. The van der Waals surface area contributed by atoms with Crippen molar-refractivity contribution in [2.24, 2.45) is 12.5 Å².